The highest BCUT2D eigenvalue weighted by atomic mass is 16.5. The molecule has 6 heteroatoms. The van der Waals surface area contributed by atoms with Crippen molar-refractivity contribution in [1.29, 1.82) is 0 Å². The molecular weight excluding hydrogens is 248 g/mol. The Morgan fingerprint density at radius 2 is 2.21 bits per heavy atom. The van der Waals surface area contributed by atoms with Gasteiger partial charge in [0.25, 0.3) is 0 Å². The van der Waals surface area contributed by atoms with Crippen LogP contribution in [-0.4, -0.2) is 53.8 Å². The monoisotopic (exact) mass is 270 g/mol. The summed E-state index contributed by atoms with van der Waals surface area (Å²) in [5, 5.41) is 11.9. The van der Waals surface area contributed by atoms with Gasteiger partial charge in [-0.2, -0.15) is 0 Å². The summed E-state index contributed by atoms with van der Waals surface area (Å²) in [7, 11) is 0. The van der Waals surface area contributed by atoms with E-state index in [1.165, 1.54) is 0 Å². The third-order valence-corrected chi connectivity index (χ3v) is 3.92. The third-order valence-electron chi connectivity index (χ3n) is 3.92. The predicted octanol–water partition coefficient (Wildman–Crippen LogP) is 1.06. The van der Waals surface area contributed by atoms with Crippen LogP contribution in [0.3, 0.4) is 0 Å². The molecule has 0 aromatic rings. The van der Waals surface area contributed by atoms with E-state index >= 15 is 0 Å². The summed E-state index contributed by atoms with van der Waals surface area (Å²) in [6.07, 6.45) is 3.11. The van der Waals surface area contributed by atoms with Gasteiger partial charge in [-0.15, -0.1) is 0 Å². The third kappa shape index (κ3) is 3.83. The van der Waals surface area contributed by atoms with E-state index in [0.29, 0.717) is 25.7 Å². The Morgan fingerprint density at radius 1 is 1.42 bits per heavy atom. The lowest BCUT2D eigenvalue weighted by Gasteiger charge is -2.35. The molecule has 1 aliphatic heterocycles. The lowest BCUT2D eigenvalue weighted by molar-refractivity contribution is -0.139. The number of carboxylic acid groups (broad SMARTS) is 1. The Labute approximate surface area is 113 Å². The fraction of sp³-hybridized carbons (Fsp3) is 0.846. The topological polar surface area (TPSA) is 78.9 Å². The minimum atomic E-state index is -0.900. The van der Waals surface area contributed by atoms with Crippen molar-refractivity contribution in [3.63, 3.8) is 0 Å². The van der Waals surface area contributed by atoms with Gasteiger partial charge in [-0.3, -0.25) is 4.79 Å². The molecule has 0 bridgehead atoms. The lowest BCUT2D eigenvalue weighted by atomic mass is 10.1. The van der Waals surface area contributed by atoms with Gasteiger partial charge in [-0.1, -0.05) is 6.92 Å². The van der Waals surface area contributed by atoms with E-state index in [-0.39, 0.29) is 24.5 Å². The number of rotatable bonds is 3. The summed E-state index contributed by atoms with van der Waals surface area (Å²) < 4.78 is 5.27. The normalized spacial score (nSPS) is 31.2. The number of urea groups is 1. The van der Waals surface area contributed by atoms with Crippen LogP contribution in [0, 0.1) is 5.92 Å². The van der Waals surface area contributed by atoms with Gasteiger partial charge in [-0.25, -0.2) is 4.79 Å². The number of carbonyl (C=O) groups excluding carboxylic acids is 1. The number of hydrogen-bond acceptors (Lipinski definition) is 3. The average molecular weight is 270 g/mol. The summed E-state index contributed by atoms with van der Waals surface area (Å²) in [6, 6.07) is -0.269. The van der Waals surface area contributed by atoms with Crippen molar-refractivity contribution in [2.24, 2.45) is 5.92 Å². The van der Waals surface area contributed by atoms with Gasteiger partial charge in [0.15, 0.2) is 0 Å². The van der Waals surface area contributed by atoms with Crippen LogP contribution in [0.1, 0.15) is 32.6 Å². The molecule has 19 heavy (non-hydrogen) atoms. The molecule has 6 nitrogen and oxygen atoms in total. The van der Waals surface area contributed by atoms with Crippen molar-refractivity contribution >= 4 is 12.0 Å². The van der Waals surface area contributed by atoms with Crippen molar-refractivity contribution in [2.75, 3.05) is 19.8 Å². The molecule has 0 aromatic carbocycles. The maximum absolute atomic E-state index is 12.2. The van der Waals surface area contributed by atoms with Gasteiger partial charge in [0.05, 0.1) is 25.7 Å². The zero-order chi connectivity index (χ0) is 13.8. The summed E-state index contributed by atoms with van der Waals surface area (Å²) in [6.45, 7) is 3.44. The van der Waals surface area contributed by atoms with E-state index < -0.39 is 5.97 Å². The molecular formula is C13H22N2O4. The number of aliphatic carboxylic acids is 1. The SMILES string of the molecule is CC1CCC(NC(=O)N2CCOCC2CC(=O)O)C1. The quantitative estimate of drug-likeness (QED) is 0.803. The Morgan fingerprint density at radius 3 is 2.84 bits per heavy atom. The Balaban J connectivity index is 1.89. The smallest absolute Gasteiger partial charge is 0.318 e. The molecule has 0 spiro atoms. The van der Waals surface area contributed by atoms with Crippen LogP contribution in [0.2, 0.25) is 0 Å². The second-order valence-corrected chi connectivity index (χ2v) is 5.58. The van der Waals surface area contributed by atoms with Gasteiger partial charge < -0.3 is 20.1 Å². The first-order valence-electron chi connectivity index (χ1n) is 6.93. The molecule has 108 valence electrons. The number of ether oxygens (including phenoxy) is 1. The van der Waals surface area contributed by atoms with Gasteiger partial charge >= 0.3 is 12.0 Å². The van der Waals surface area contributed by atoms with E-state index in [1.807, 2.05) is 0 Å². The van der Waals surface area contributed by atoms with E-state index in [1.54, 1.807) is 4.90 Å². The number of nitrogens with zero attached hydrogens (tertiary/aromatic N) is 1. The number of carbonyl (C=O) groups is 2. The Hall–Kier alpha value is -1.30. The van der Waals surface area contributed by atoms with E-state index in [4.69, 9.17) is 9.84 Å². The van der Waals surface area contributed by atoms with Gasteiger partial charge in [0, 0.05) is 12.6 Å². The van der Waals surface area contributed by atoms with E-state index in [2.05, 4.69) is 12.2 Å². The molecule has 1 saturated heterocycles. The molecule has 2 aliphatic rings. The van der Waals surface area contributed by atoms with Crippen LogP contribution >= 0.6 is 0 Å². The molecule has 0 radical (unpaired) electrons. The summed E-state index contributed by atoms with van der Waals surface area (Å²) in [5.41, 5.74) is 0. The largest absolute Gasteiger partial charge is 0.481 e. The van der Waals surface area contributed by atoms with Crippen molar-refractivity contribution < 1.29 is 19.4 Å². The van der Waals surface area contributed by atoms with Crippen LogP contribution in [0.4, 0.5) is 4.79 Å². The molecule has 3 unspecified atom stereocenters. The molecule has 1 heterocycles. The first-order valence-corrected chi connectivity index (χ1v) is 6.93. The molecule has 2 N–H and O–H groups in total. The van der Waals surface area contributed by atoms with Crippen LogP contribution in [0.5, 0.6) is 0 Å². The van der Waals surface area contributed by atoms with Crippen molar-refractivity contribution in [3.8, 4) is 0 Å². The number of amides is 2. The molecule has 2 rings (SSSR count). The highest BCUT2D eigenvalue weighted by Gasteiger charge is 2.31. The van der Waals surface area contributed by atoms with E-state index in [9.17, 15) is 9.59 Å². The molecule has 1 saturated carbocycles. The molecule has 0 aromatic heterocycles. The lowest BCUT2D eigenvalue weighted by Crippen LogP contribution is -2.54. The predicted molar refractivity (Wildman–Crippen MR) is 68.9 cm³/mol. The zero-order valence-electron chi connectivity index (χ0n) is 11.3. The highest BCUT2D eigenvalue weighted by molar-refractivity contribution is 5.76. The average Bonchev–Trinajstić information content (AvgIpc) is 2.74. The molecule has 1 aliphatic carbocycles. The van der Waals surface area contributed by atoms with Gasteiger partial charge in [0.1, 0.15) is 0 Å². The Bertz CT molecular complexity index is 348. The summed E-state index contributed by atoms with van der Waals surface area (Å²) in [5.74, 6) is -0.243. The molecule has 2 amide bonds. The second-order valence-electron chi connectivity index (χ2n) is 5.58. The van der Waals surface area contributed by atoms with E-state index in [0.717, 1.165) is 19.3 Å². The fourth-order valence-electron chi connectivity index (χ4n) is 2.89. The van der Waals surface area contributed by atoms with Crippen molar-refractivity contribution in [3.05, 3.63) is 0 Å². The number of nitrogens with one attached hydrogen (secondary N) is 1. The number of hydrogen-bond donors (Lipinski definition) is 2. The maximum Gasteiger partial charge on any atom is 0.318 e. The van der Waals surface area contributed by atoms with Crippen molar-refractivity contribution in [2.45, 2.75) is 44.7 Å². The summed E-state index contributed by atoms with van der Waals surface area (Å²) >= 11 is 0. The number of carboxylic acids is 1. The van der Waals surface area contributed by atoms with Gasteiger partial charge in [-0.05, 0) is 25.2 Å². The minimum Gasteiger partial charge on any atom is -0.481 e. The minimum absolute atomic E-state index is 0.0610. The van der Waals surface area contributed by atoms with Crippen molar-refractivity contribution in [1.82, 2.24) is 10.2 Å². The highest BCUT2D eigenvalue weighted by Crippen LogP contribution is 2.25. The van der Waals surface area contributed by atoms with Crippen LogP contribution < -0.4 is 5.32 Å². The summed E-state index contributed by atoms with van der Waals surface area (Å²) in [4.78, 5) is 24.6. The zero-order valence-corrected chi connectivity index (χ0v) is 11.3. The van der Waals surface area contributed by atoms with Crippen LogP contribution in [0.15, 0.2) is 0 Å². The Kier molecular flexibility index (Phi) is 4.63. The second kappa shape index (κ2) is 6.23. The fourth-order valence-corrected chi connectivity index (χ4v) is 2.89. The maximum atomic E-state index is 12.2. The van der Waals surface area contributed by atoms with Crippen LogP contribution in [0.25, 0.3) is 0 Å². The standard InChI is InChI=1S/C13H22N2O4/c1-9-2-3-10(6-9)14-13(18)15-4-5-19-8-11(15)7-12(16)17/h9-11H,2-8H2,1H3,(H,14,18)(H,16,17). The van der Waals surface area contributed by atoms with Gasteiger partial charge in [0.2, 0.25) is 0 Å². The number of morpholine rings is 1. The molecule has 3 atom stereocenters. The van der Waals surface area contributed by atoms with Crippen LogP contribution in [-0.2, 0) is 9.53 Å². The first kappa shape index (κ1) is 14.1. The molecule has 2 fully saturated rings. The first-order chi connectivity index (χ1) is 9.06.